The Morgan fingerprint density at radius 3 is 2.46 bits per heavy atom. The van der Waals surface area contributed by atoms with E-state index in [0.29, 0.717) is 42.9 Å². The summed E-state index contributed by atoms with van der Waals surface area (Å²) in [4.78, 5) is 29.2. The van der Waals surface area contributed by atoms with Crippen molar-refractivity contribution in [1.82, 2.24) is 20.0 Å². The summed E-state index contributed by atoms with van der Waals surface area (Å²) in [5.41, 5.74) is 2.13. The van der Waals surface area contributed by atoms with Crippen LogP contribution in [0.25, 0.3) is 11.1 Å². The van der Waals surface area contributed by atoms with Crippen LogP contribution in [0.4, 0.5) is 9.18 Å². The van der Waals surface area contributed by atoms with Crippen molar-refractivity contribution >= 4 is 6.16 Å². The van der Waals surface area contributed by atoms with Crippen molar-refractivity contribution < 1.29 is 28.2 Å². The number of carbonyl (C=O) groups excluding carboxylic acids is 1. The van der Waals surface area contributed by atoms with Crippen LogP contribution in [0.1, 0.15) is 32.3 Å². The number of hydrogen-bond donors (Lipinski definition) is 0. The second-order valence-electron chi connectivity index (χ2n) is 8.35. The third kappa shape index (κ3) is 6.42. The molecule has 0 spiro atoms. The third-order valence-electron chi connectivity index (χ3n) is 5.36. The predicted octanol–water partition coefficient (Wildman–Crippen LogP) is 5.10. The summed E-state index contributed by atoms with van der Waals surface area (Å²) in [6, 6.07) is 8.36. The first-order valence-electron chi connectivity index (χ1n) is 11.4. The number of nitrogens with zero attached hydrogens (tertiary/aromatic N) is 4. The Morgan fingerprint density at radius 1 is 1.06 bits per heavy atom. The molecule has 10 heteroatoms. The van der Waals surface area contributed by atoms with Gasteiger partial charge in [-0.25, -0.2) is 19.2 Å². The Balaban J connectivity index is 1.37. The van der Waals surface area contributed by atoms with E-state index in [-0.39, 0.29) is 23.8 Å². The van der Waals surface area contributed by atoms with Gasteiger partial charge in [-0.3, -0.25) is 4.98 Å². The van der Waals surface area contributed by atoms with Gasteiger partial charge in [0.15, 0.2) is 11.6 Å². The number of halogens is 1. The third-order valence-corrected chi connectivity index (χ3v) is 5.36. The van der Waals surface area contributed by atoms with Gasteiger partial charge >= 0.3 is 6.16 Å². The second-order valence-corrected chi connectivity index (χ2v) is 8.35. The average Bonchev–Trinajstić information content (AvgIpc) is 2.84. The van der Waals surface area contributed by atoms with Gasteiger partial charge in [-0.2, -0.15) is 0 Å². The SMILES string of the molecule is Cc1c(Oc2ccc(-c3ccncc3)cc2F)ncnc1OC1CCN(OC(=O)OC(C)C)CC1. The molecule has 0 bridgehead atoms. The molecule has 3 aromatic rings. The number of rotatable bonds is 7. The topological polar surface area (TPSA) is 95.9 Å². The van der Waals surface area contributed by atoms with E-state index in [4.69, 9.17) is 19.0 Å². The maximum Gasteiger partial charge on any atom is 0.528 e. The van der Waals surface area contributed by atoms with Gasteiger partial charge in [0.2, 0.25) is 11.8 Å². The number of piperidine rings is 1. The van der Waals surface area contributed by atoms with Gasteiger partial charge < -0.3 is 19.0 Å². The molecular weight excluding hydrogens is 455 g/mol. The zero-order valence-corrected chi connectivity index (χ0v) is 19.8. The van der Waals surface area contributed by atoms with Gasteiger partial charge in [-0.1, -0.05) is 6.07 Å². The minimum absolute atomic E-state index is 0.0503. The van der Waals surface area contributed by atoms with Gasteiger partial charge in [0.1, 0.15) is 12.4 Å². The van der Waals surface area contributed by atoms with E-state index in [2.05, 4.69) is 15.0 Å². The van der Waals surface area contributed by atoms with Gasteiger partial charge in [-0.15, -0.1) is 5.06 Å². The quantitative estimate of drug-likeness (QED) is 0.426. The van der Waals surface area contributed by atoms with E-state index in [9.17, 15) is 9.18 Å². The second kappa shape index (κ2) is 11.1. The fraction of sp³-hybridized carbons (Fsp3) is 0.360. The summed E-state index contributed by atoms with van der Waals surface area (Å²) in [7, 11) is 0. The van der Waals surface area contributed by atoms with Crippen LogP contribution in [-0.4, -0.2) is 51.5 Å². The maximum atomic E-state index is 14.8. The Hall–Kier alpha value is -3.79. The first kappa shape index (κ1) is 24.3. The Morgan fingerprint density at radius 2 is 1.77 bits per heavy atom. The molecule has 0 N–H and O–H groups in total. The lowest BCUT2D eigenvalue weighted by molar-refractivity contribution is -0.151. The molecule has 0 aliphatic carbocycles. The molecule has 1 aromatic carbocycles. The monoisotopic (exact) mass is 482 g/mol. The largest absolute Gasteiger partial charge is 0.528 e. The highest BCUT2D eigenvalue weighted by Crippen LogP contribution is 2.32. The predicted molar refractivity (Wildman–Crippen MR) is 124 cm³/mol. The Kier molecular flexibility index (Phi) is 7.71. The lowest BCUT2D eigenvalue weighted by atomic mass is 10.1. The number of ether oxygens (including phenoxy) is 3. The number of aromatic nitrogens is 3. The van der Waals surface area contributed by atoms with E-state index in [1.54, 1.807) is 62.5 Å². The summed E-state index contributed by atoms with van der Waals surface area (Å²) in [6.45, 7) is 6.28. The molecule has 1 saturated heterocycles. The van der Waals surface area contributed by atoms with E-state index >= 15 is 0 Å². The molecule has 3 heterocycles. The Bertz CT molecular complexity index is 1150. The molecule has 2 aromatic heterocycles. The van der Waals surface area contributed by atoms with Crippen molar-refractivity contribution in [2.45, 2.75) is 45.8 Å². The van der Waals surface area contributed by atoms with Crippen LogP contribution in [0.2, 0.25) is 0 Å². The van der Waals surface area contributed by atoms with Crippen LogP contribution in [0.15, 0.2) is 49.1 Å². The van der Waals surface area contributed by atoms with Crippen molar-refractivity contribution in [2.75, 3.05) is 13.1 Å². The van der Waals surface area contributed by atoms with Crippen LogP contribution < -0.4 is 9.47 Å². The van der Waals surface area contributed by atoms with Crippen molar-refractivity contribution in [3.8, 4) is 28.6 Å². The number of benzene rings is 1. The standard InChI is InChI=1S/C25H27FN4O5/c1-16(2)32-25(31)35-30-12-8-20(9-13-30)33-23-17(3)24(29-15-28-23)34-22-5-4-19(14-21(22)26)18-6-10-27-11-7-18/h4-7,10-11,14-16,20H,8-9,12-13H2,1-3H3. The van der Waals surface area contributed by atoms with Crippen molar-refractivity contribution in [1.29, 1.82) is 0 Å². The molecule has 35 heavy (non-hydrogen) atoms. The zero-order chi connectivity index (χ0) is 24.8. The average molecular weight is 483 g/mol. The van der Waals surface area contributed by atoms with Crippen LogP contribution >= 0.6 is 0 Å². The highest BCUT2D eigenvalue weighted by Gasteiger charge is 2.25. The fourth-order valence-electron chi connectivity index (χ4n) is 3.57. The minimum atomic E-state index is -0.714. The van der Waals surface area contributed by atoms with E-state index in [0.717, 1.165) is 5.56 Å². The summed E-state index contributed by atoms with van der Waals surface area (Å²) < 4.78 is 31.6. The first-order chi connectivity index (χ1) is 16.9. The molecule has 9 nitrogen and oxygen atoms in total. The van der Waals surface area contributed by atoms with Crippen molar-refractivity contribution in [3.63, 3.8) is 0 Å². The molecule has 0 saturated carbocycles. The van der Waals surface area contributed by atoms with Gasteiger partial charge in [0.25, 0.3) is 0 Å². The highest BCUT2D eigenvalue weighted by atomic mass is 19.1. The molecular formula is C25H27FN4O5. The summed E-state index contributed by atoms with van der Waals surface area (Å²) >= 11 is 0. The number of hydroxylamine groups is 2. The number of hydrogen-bond acceptors (Lipinski definition) is 9. The van der Waals surface area contributed by atoms with E-state index in [1.165, 1.54) is 12.4 Å². The van der Waals surface area contributed by atoms with E-state index in [1.807, 2.05) is 0 Å². The summed E-state index contributed by atoms with van der Waals surface area (Å²) in [6.07, 6.45) is 4.79. The fourth-order valence-corrected chi connectivity index (χ4v) is 3.57. The van der Waals surface area contributed by atoms with E-state index < -0.39 is 12.0 Å². The number of pyridine rings is 1. The van der Waals surface area contributed by atoms with Crippen molar-refractivity contribution in [3.05, 3.63) is 60.4 Å². The van der Waals surface area contributed by atoms with Crippen LogP contribution in [0.5, 0.6) is 17.5 Å². The number of carbonyl (C=O) groups is 1. The maximum absolute atomic E-state index is 14.8. The molecule has 0 amide bonds. The lowest BCUT2D eigenvalue weighted by Crippen LogP contribution is -2.40. The molecule has 0 unspecified atom stereocenters. The molecule has 0 radical (unpaired) electrons. The highest BCUT2D eigenvalue weighted by molar-refractivity contribution is 5.64. The van der Waals surface area contributed by atoms with Crippen LogP contribution in [0.3, 0.4) is 0 Å². The molecule has 184 valence electrons. The summed E-state index contributed by atoms with van der Waals surface area (Å²) in [5.74, 6) is 0.114. The zero-order valence-electron chi connectivity index (χ0n) is 19.8. The lowest BCUT2D eigenvalue weighted by Gasteiger charge is -2.30. The molecule has 1 fully saturated rings. The molecule has 1 aliphatic rings. The molecule has 4 rings (SSSR count). The van der Waals surface area contributed by atoms with Gasteiger partial charge in [0.05, 0.1) is 11.7 Å². The minimum Gasteiger partial charge on any atom is -0.474 e. The van der Waals surface area contributed by atoms with Gasteiger partial charge in [-0.05, 0) is 56.2 Å². The smallest absolute Gasteiger partial charge is 0.474 e. The van der Waals surface area contributed by atoms with Gasteiger partial charge in [0, 0.05) is 38.3 Å². The van der Waals surface area contributed by atoms with Crippen molar-refractivity contribution in [2.24, 2.45) is 0 Å². The molecule has 1 aliphatic heterocycles. The molecule has 0 atom stereocenters. The van der Waals surface area contributed by atoms with Crippen LogP contribution in [-0.2, 0) is 9.57 Å². The summed E-state index contributed by atoms with van der Waals surface area (Å²) in [5, 5.41) is 1.56. The first-order valence-corrected chi connectivity index (χ1v) is 11.4. The normalized spacial score (nSPS) is 14.5. The Labute approximate surface area is 202 Å². The van der Waals surface area contributed by atoms with Crippen LogP contribution in [0, 0.1) is 12.7 Å².